The second-order valence-electron chi connectivity index (χ2n) is 2.78. The maximum atomic E-state index is 11.9. The Balaban J connectivity index is 3.89. The second-order valence-corrected chi connectivity index (χ2v) is 2.78. The van der Waals surface area contributed by atoms with Crippen LogP contribution in [0.5, 0.6) is 0 Å². The van der Waals surface area contributed by atoms with Crippen LogP contribution in [0.15, 0.2) is 0 Å². The van der Waals surface area contributed by atoms with Crippen LogP contribution in [-0.2, 0) is 0 Å². The molecule has 0 aliphatic rings. The summed E-state index contributed by atoms with van der Waals surface area (Å²) >= 11 is 0. The molecule has 80 valence electrons. The van der Waals surface area contributed by atoms with Crippen molar-refractivity contribution in [1.82, 2.24) is 4.90 Å². The number of aliphatic hydroxyl groups is 2. The molecule has 0 radical (unpaired) electrons. The smallest absolute Gasteiger partial charge is 0.394 e. The largest absolute Gasteiger partial charge is 0.401 e. The van der Waals surface area contributed by atoms with Gasteiger partial charge in [-0.2, -0.15) is 13.2 Å². The van der Waals surface area contributed by atoms with Gasteiger partial charge in [-0.3, -0.25) is 4.90 Å². The van der Waals surface area contributed by atoms with Crippen LogP contribution in [0, 0.1) is 0 Å². The summed E-state index contributed by atoms with van der Waals surface area (Å²) in [4.78, 5) is 1.03. The first-order valence-corrected chi connectivity index (χ1v) is 3.97. The zero-order chi connectivity index (χ0) is 10.5. The van der Waals surface area contributed by atoms with E-state index in [0.717, 1.165) is 4.90 Å². The summed E-state index contributed by atoms with van der Waals surface area (Å²) in [5.74, 6) is 0. The molecule has 0 aromatic carbocycles. The Morgan fingerprint density at radius 3 is 2.23 bits per heavy atom. The average molecular weight is 201 g/mol. The van der Waals surface area contributed by atoms with Crippen LogP contribution in [0.3, 0.4) is 0 Å². The van der Waals surface area contributed by atoms with Gasteiger partial charge in [-0.25, -0.2) is 0 Å². The van der Waals surface area contributed by atoms with Gasteiger partial charge in [0.25, 0.3) is 0 Å². The fourth-order valence-electron chi connectivity index (χ4n) is 0.915. The van der Waals surface area contributed by atoms with Crippen molar-refractivity contribution in [3.8, 4) is 0 Å². The highest BCUT2D eigenvalue weighted by atomic mass is 19.4. The predicted octanol–water partition coefficient (Wildman–Crippen LogP) is 0.224. The first-order valence-electron chi connectivity index (χ1n) is 3.97. The average Bonchev–Trinajstić information content (AvgIpc) is 2.00. The molecule has 0 saturated carbocycles. The molecule has 1 atom stereocenters. The Morgan fingerprint density at radius 1 is 1.38 bits per heavy atom. The third-order valence-electron chi connectivity index (χ3n) is 1.53. The van der Waals surface area contributed by atoms with Crippen LogP contribution < -0.4 is 0 Å². The Kier molecular flexibility index (Phi) is 5.27. The lowest BCUT2D eigenvalue weighted by molar-refractivity contribution is -0.148. The quantitative estimate of drug-likeness (QED) is 0.669. The summed E-state index contributed by atoms with van der Waals surface area (Å²) in [5.41, 5.74) is 0. The monoisotopic (exact) mass is 201 g/mol. The second kappa shape index (κ2) is 5.41. The lowest BCUT2D eigenvalue weighted by atomic mass is 10.3. The van der Waals surface area contributed by atoms with Crippen LogP contribution in [0.2, 0.25) is 0 Å². The van der Waals surface area contributed by atoms with E-state index < -0.39 is 25.4 Å². The van der Waals surface area contributed by atoms with Crippen molar-refractivity contribution < 1.29 is 23.4 Å². The van der Waals surface area contributed by atoms with Crippen LogP contribution in [0.4, 0.5) is 13.2 Å². The van der Waals surface area contributed by atoms with Gasteiger partial charge >= 0.3 is 6.18 Å². The van der Waals surface area contributed by atoms with Gasteiger partial charge in [-0.15, -0.1) is 0 Å². The molecule has 0 saturated heterocycles. The molecule has 2 N–H and O–H groups in total. The van der Waals surface area contributed by atoms with Crippen molar-refractivity contribution in [3.05, 3.63) is 0 Å². The predicted molar refractivity (Wildman–Crippen MR) is 41.3 cm³/mol. The van der Waals surface area contributed by atoms with Crippen LogP contribution in [-0.4, -0.2) is 53.6 Å². The van der Waals surface area contributed by atoms with E-state index in [2.05, 4.69) is 0 Å². The maximum Gasteiger partial charge on any atom is 0.401 e. The molecule has 0 heterocycles. The van der Waals surface area contributed by atoms with Crippen molar-refractivity contribution in [2.75, 3.05) is 26.2 Å². The highest BCUT2D eigenvalue weighted by Crippen LogP contribution is 2.16. The number of likely N-dealkylation sites (N-methyl/N-ethyl adjacent to an activating group) is 1. The van der Waals surface area contributed by atoms with Crippen LogP contribution >= 0.6 is 0 Å². The number of halogens is 3. The number of nitrogens with zero attached hydrogens (tertiary/aromatic N) is 1. The minimum absolute atomic E-state index is 0.160. The SMILES string of the molecule is CCN(CC(O)CO)CC(F)(F)F. The van der Waals surface area contributed by atoms with Crippen LogP contribution in [0.25, 0.3) is 0 Å². The molecule has 0 aromatic heterocycles. The van der Waals surface area contributed by atoms with Gasteiger partial charge in [-0.05, 0) is 6.54 Å². The van der Waals surface area contributed by atoms with E-state index in [0.29, 0.717) is 0 Å². The highest BCUT2D eigenvalue weighted by Gasteiger charge is 2.30. The van der Waals surface area contributed by atoms with E-state index in [4.69, 9.17) is 10.2 Å². The summed E-state index contributed by atoms with van der Waals surface area (Å²) in [7, 11) is 0. The lowest BCUT2D eigenvalue weighted by Gasteiger charge is -2.23. The van der Waals surface area contributed by atoms with Crippen molar-refractivity contribution in [2.24, 2.45) is 0 Å². The third kappa shape index (κ3) is 6.80. The molecule has 0 fully saturated rings. The molecule has 0 aliphatic heterocycles. The van der Waals surface area contributed by atoms with Gasteiger partial charge in [0.05, 0.1) is 19.3 Å². The summed E-state index contributed by atoms with van der Waals surface area (Å²) in [6.45, 7) is 0.0217. The molecule has 0 aliphatic carbocycles. The van der Waals surface area contributed by atoms with Crippen molar-refractivity contribution in [2.45, 2.75) is 19.2 Å². The minimum Gasteiger partial charge on any atom is -0.394 e. The zero-order valence-electron chi connectivity index (χ0n) is 7.38. The van der Waals surface area contributed by atoms with E-state index in [-0.39, 0.29) is 13.1 Å². The molecule has 0 amide bonds. The fourth-order valence-corrected chi connectivity index (χ4v) is 0.915. The van der Waals surface area contributed by atoms with E-state index in [1.165, 1.54) is 0 Å². The minimum atomic E-state index is -4.26. The molecule has 0 aromatic rings. The molecule has 0 rings (SSSR count). The molecule has 6 heteroatoms. The van der Waals surface area contributed by atoms with Crippen LogP contribution in [0.1, 0.15) is 6.92 Å². The highest BCUT2D eigenvalue weighted by molar-refractivity contribution is 4.65. The fraction of sp³-hybridized carbons (Fsp3) is 1.00. The van der Waals surface area contributed by atoms with E-state index >= 15 is 0 Å². The third-order valence-corrected chi connectivity index (χ3v) is 1.53. The first-order chi connectivity index (χ1) is 5.89. The summed E-state index contributed by atoms with van der Waals surface area (Å²) in [6.07, 6.45) is -5.37. The maximum absolute atomic E-state index is 11.9. The van der Waals surface area contributed by atoms with Gasteiger partial charge < -0.3 is 10.2 Å². The number of aliphatic hydroxyl groups excluding tert-OH is 2. The van der Waals surface area contributed by atoms with Gasteiger partial charge in [0.1, 0.15) is 0 Å². The Hall–Kier alpha value is -0.330. The molecule has 0 bridgehead atoms. The van der Waals surface area contributed by atoms with Gasteiger partial charge in [0.2, 0.25) is 0 Å². The molecule has 1 unspecified atom stereocenters. The van der Waals surface area contributed by atoms with Crippen molar-refractivity contribution in [3.63, 3.8) is 0 Å². The van der Waals surface area contributed by atoms with E-state index in [1.807, 2.05) is 0 Å². The normalized spacial score (nSPS) is 15.0. The van der Waals surface area contributed by atoms with Gasteiger partial charge in [-0.1, -0.05) is 6.92 Å². The van der Waals surface area contributed by atoms with E-state index in [9.17, 15) is 13.2 Å². The Morgan fingerprint density at radius 2 is 1.92 bits per heavy atom. The summed E-state index contributed by atoms with van der Waals surface area (Å²) < 4.78 is 35.6. The molecule has 0 spiro atoms. The number of rotatable bonds is 5. The zero-order valence-corrected chi connectivity index (χ0v) is 7.38. The molecule has 13 heavy (non-hydrogen) atoms. The van der Waals surface area contributed by atoms with E-state index in [1.54, 1.807) is 6.92 Å². The van der Waals surface area contributed by atoms with Gasteiger partial charge in [0.15, 0.2) is 0 Å². The Labute approximate surface area is 74.8 Å². The lowest BCUT2D eigenvalue weighted by Crippen LogP contribution is -2.40. The molecule has 3 nitrogen and oxygen atoms in total. The number of hydrogen-bond acceptors (Lipinski definition) is 3. The number of hydrogen-bond donors (Lipinski definition) is 2. The number of alkyl halides is 3. The van der Waals surface area contributed by atoms with Crippen molar-refractivity contribution in [1.29, 1.82) is 0 Å². The summed E-state index contributed by atoms with van der Waals surface area (Å²) in [5, 5.41) is 17.3. The van der Waals surface area contributed by atoms with Crippen molar-refractivity contribution >= 4 is 0 Å². The van der Waals surface area contributed by atoms with Gasteiger partial charge in [0, 0.05) is 6.54 Å². The Bertz CT molecular complexity index is 140. The first kappa shape index (κ1) is 12.7. The molecular weight excluding hydrogens is 187 g/mol. The summed E-state index contributed by atoms with van der Waals surface area (Å²) in [6, 6.07) is 0. The standard InChI is InChI=1S/C7H14F3NO2/c1-2-11(3-6(13)4-12)5-7(8,9)10/h6,12-13H,2-5H2,1H3. The molecular formula is C7H14F3NO2. The topological polar surface area (TPSA) is 43.7 Å².